The summed E-state index contributed by atoms with van der Waals surface area (Å²) in [4.78, 5) is 0. The van der Waals surface area contributed by atoms with E-state index in [-0.39, 0.29) is 0 Å². The summed E-state index contributed by atoms with van der Waals surface area (Å²) in [7, 11) is 3.35. The van der Waals surface area contributed by atoms with Crippen LogP contribution in [0.1, 0.15) is 51.1 Å². The van der Waals surface area contributed by atoms with Gasteiger partial charge in [0, 0.05) is 6.04 Å². The third-order valence-corrected chi connectivity index (χ3v) is 3.30. The Hall–Kier alpha value is -1.22. The van der Waals surface area contributed by atoms with Crippen molar-refractivity contribution in [2.75, 3.05) is 20.8 Å². The molecule has 3 heteroatoms. The molecule has 0 bridgehead atoms. The van der Waals surface area contributed by atoms with Crippen molar-refractivity contribution in [2.24, 2.45) is 0 Å². The van der Waals surface area contributed by atoms with Gasteiger partial charge in [0.2, 0.25) is 0 Å². The van der Waals surface area contributed by atoms with Crippen molar-refractivity contribution in [1.29, 1.82) is 0 Å². The molecule has 0 radical (unpaired) electrons. The van der Waals surface area contributed by atoms with E-state index in [1.807, 2.05) is 6.07 Å². The molecule has 0 aliphatic carbocycles. The first-order chi connectivity index (χ1) is 9.26. The highest BCUT2D eigenvalue weighted by atomic mass is 16.5. The topological polar surface area (TPSA) is 30.5 Å². The molecule has 0 saturated heterocycles. The second-order valence-electron chi connectivity index (χ2n) is 4.76. The second kappa shape index (κ2) is 8.81. The molecule has 1 aromatic rings. The molecule has 3 nitrogen and oxygen atoms in total. The third-order valence-electron chi connectivity index (χ3n) is 3.30. The maximum atomic E-state index is 5.38. The number of methoxy groups -OCH3 is 2. The monoisotopic (exact) mass is 265 g/mol. The number of hydrogen-bond acceptors (Lipinski definition) is 3. The normalized spacial score (nSPS) is 12.2. The second-order valence-corrected chi connectivity index (χ2v) is 4.76. The van der Waals surface area contributed by atoms with E-state index in [2.05, 4.69) is 31.3 Å². The molecule has 19 heavy (non-hydrogen) atoms. The highest BCUT2D eigenvalue weighted by Crippen LogP contribution is 2.31. The van der Waals surface area contributed by atoms with Crippen LogP contribution in [-0.4, -0.2) is 20.8 Å². The number of unbranched alkanes of at least 4 members (excludes halogenated alkanes) is 1. The maximum Gasteiger partial charge on any atom is 0.161 e. The number of benzene rings is 1. The van der Waals surface area contributed by atoms with Crippen LogP contribution < -0.4 is 14.8 Å². The molecule has 1 rings (SSSR count). The molecule has 0 aliphatic rings. The molecular formula is C16H27NO2. The van der Waals surface area contributed by atoms with Crippen molar-refractivity contribution in [1.82, 2.24) is 5.32 Å². The summed E-state index contributed by atoms with van der Waals surface area (Å²) in [6.45, 7) is 5.46. The number of nitrogens with one attached hydrogen (secondary N) is 1. The van der Waals surface area contributed by atoms with Gasteiger partial charge in [-0.25, -0.2) is 0 Å². The zero-order valence-electron chi connectivity index (χ0n) is 12.7. The predicted octanol–water partition coefficient (Wildman–Crippen LogP) is 3.93. The summed E-state index contributed by atoms with van der Waals surface area (Å²) in [6, 6.07) is 6.60. The predicted molar refractivity (Wildman–Crippen MR) is 80.1 cm³/mol. The van der Waals surface area contributed by atoms with E-state index in [0.29, 0.717) is 6.04 Å². The van der Waals surface area contributed by atoms with Crippen LogP contribution >= 0.6 is 0 Å². The quantitative estimate of drug-likeness (QED) is 0.733. The van der Waals surface area contributed by atoms with Gasteiger partial charge in [-0.3, -0.25) is 0 Å². The summed E-state index contributed by atoms with van der Waals surface area (Å²) in [5, 5.41) is 3.61. The lowest BCUT2D eigenvalue weighted by Gasteiger charge is -2.20. The molecule has 0 aliphatic heterocycles. The minimum Gasteiger partial charge on any atom is -0.493 e. The lowest BCUT2D eigenvalue weighted by Crippen LogP contribution is -2.22. The van der Waals surface area contributed by atoms with Gasteiger partial charge in [-0.05, 0) is 37.1 Å². The minimum atomic E-state index is 0.403. The van der Waals surface area contributed by atoms with Gasteiger partial charge in [0.15, 0.2) is 11.5 Å². The molecule has 1 N–H and O–H groups in total. The van der Waals surface area contributed by atoms with E-state index in [9.17, 15) is 0 Å². The summed E-state index contributed by atoms with van der Waals surface area (Å²) < 4.78 is 10.7. The Labute approximate surface area is 117 Å². The Morgan fingerprint density at radius 3 is 2.37 bits per heavy atom. The third kappa shape index (κ3) is 4.75. The molecule has 0 heterocycles. The Morgan fingerprint density at radius 2 is 1.79 bits per heavy atom. The molecule has 1 atom stereocenters. The maximum absolute atomic E-state index is 5.38. The number of rotatable bonds is 9. The fourth-order valence-corrected chi connectivity index (χ4v) is 2.18. The van der Waals surface area contributed by atoms with Crippen molar-refractivity contribution in [3.8, 4) is 11.5 Å². The minimum absolute atomic E-state index is 0.403. The van der Waals surface area contributed by atoms with Gasteiger partial charge >= 0.3 is 0 Å². The lowest BCUT2D eigenvalue weighted by atomic mass is 10.0. The van der Waals surface area contributed by atoms with Gasteiger partial charge < -0.3 is 14.8 Å². The van der Waals surface area contributed by atoms with E-state index < -0.39 is 0 Å². The molecule has 0 aromatic heterocycles. The van der Waals surface area contributed by atoms with Crippen LogP contribution in [0.5, 0.6) is 11.5 Å². The van der Waals surface area contributed by atoms with Gasteiger partial charge in [-0.2, -0.15) is 0 Å². The summed E-state index contributed by atoms with van der Waals surface area (Å²) >= 11 is 0. The zero-order chi connectivity index (χ0) is 14.1. The Kier molecular flexibility index (Phi) is 7.34. The van der Waals surface area contributed by atoms with Crippen LogP contribution in [-0.2, 0) is 0 Å². The average Bonchev–Trinajstić information content (AvgIpc) is 2.46. The molecule has 1 aromatic carbocycles. The highest BCUT2D eigenvalue weighted by molar-refractivity contribution is 5.43. The first-order valence-corrected chi connectivity index (χ1v) is 7.22. The smallest absolute Gasteiger partial charge is 0.161 e. The van der Waals surface area contributed by atoms with Crippen molar-refractivity contribution >= 4 is 0 Å². The summed E-state index contributed by atoms with van der Waals surface area (Å²) in [6.07, 6.45) is 4.76. The molecule has 0 spiro atoms. The first kappa shape index (κ1) is 15.8. The highest BCUT2D eigenvalue weighted by Gasteiger charge is 2.13. The van der Waals surface area contributed by atoms with Gasteiger partial charge in [0.25, 0.3) is 0 Å². The zero-order valence-corrected chi connectivity index (χ0v) is 12.7. The van der Waals surface area contributed by atoms with Crippen molar-refractivity contribution in [3.05, 3.63) is 23.8 Å². The van der Waals surface area contributed by atoms with Gasteiger partial charge in [0.1, 0.15) is 0 Å². The summed E-state index contributed by atoms with van der Waals surface area (Å²) in [5.74, 6) is 1.59. The number of ether oxygens (including phenoxy) is 2. The number of hydrogen-bond donors (Lipinski definition) is 1. The van der Waals surface area contributed by atoms with E-state index in [0.717, 1.165) is 30.9 Å². The molecule has 0 fully saturated rings. The van der Waals surface area contributed by atoms with Crippen molar-refractivity contribution < 1.29 is 9.47 Å². The van der Waals surface area contributed by atoms with Crippen LogP contribution in [0.4, 0.5) is 0 Å². The van der Waals surface area contributed by atoms with E-state index in [1.54, 1.807) is 14.2 Å². The standard InChI is InChI=1S/C16H27NO2/c1-5-7-8-14(17-11-6-2)13-9-10-15(18-3)16(12-13)19-4/h9-10,12,14,17H,5-8,11H2,1-4H3. The summed E-state index contributed by atoms with van der Waals surface area (Å²) in [5.41, 5.74) is 1.28. The SMILES string of the molecule is CCCCC(NCCC)c1ccc(OC)c(OC)c1. The van der Waals surface area contributed by atoms with Crippen LogP contribution in [0.3, 0.4) is 0 Å². The van der Waals surface area contributed by atoms with Crippen LogP contribution in [0.15, 0.2) is 18.2 Å². The molecule has 0 amide bonds. The van der Waals surface area contributed by atoms with E-state index >= 15 is 0 Å². The van der Waals surface area contributed by atoms with Crippen LogP contribution in [0, 0.1) is 0 Å². The molecule has 108 valence electrons. The van der Waals surface area contributed by atoms with E-state index in [4.69, 9.17) is 9.47 Å². The largest absolute Gasteiger partial charge is 0.493 e. The lowest BCUT2D eigenvalue weighted by molar-refractivity contribution is 0.353. The molecule has 1 unspecified atom stereocenters. The molecular weight excluding hydrogens is 238 g/mol. The Morgan fingerprint density at radius 1 is 1.05 bits per heavy atom. The molecule has 0 saturated carbocycles. The van der Waals surface area contributed by atoms with E-state index in [1.165, 1.54) is 18.4 Å². The van der Waals surface area contributed by atoms with Crippen LogP contribution in [0.2, 0.25) is 0 Å². The van der Waals surface area contributed by atoms with Gasteiger partial charge in [-0.15, -0.1) is 0 Å². The fourth-order valence-electron chi connectivity index (χ4n) is 2.18. The van der Waals surface area contributed by atoms with Crippen molar-refractivity contribution in [2.45, 2.75) is 45.6 Å². The van der Waals surface area contributed by atoms with Gasteiger partial charge in [-0.1, -0.05) is 32.8 Å². The first-order valence-electron chi connectivity index (χ1n) is 7.22. The van der Waals surface area contributed by atoms with Gasteiger partial charge in [0.05, 0.1) is 14.2 Å². The average molecular weight is 265 g/mol. The van der Waals surface area contributed by atoms with Crippen LogP contribution in [0.25, 0.3) is 0 Å². The Balaban J connectivity index is 2.87. The fraction of sp³-hybridized carbons (Fsp3) is 0.625. The Bertz CT molecular complexity index is 358. The van der Waals surface area contributed by atoms with Crippen molar-refractivity contribution in [3.63, 3.8) is 0 Å².